The average Bonchev–Trinajstić information content (AvgIpc) is 2.83. The Labute approximate surface area is 92.3 Å². The van der Waals surface area contributed by atoms with Crippen molar-refractivity contribution in [1.82, 2.24) is 10.2 Å². The Bertz CT molecular complexity index is 383. The van der Waals surface area contributed by atoms with Crippen molar-refractivity contribution in [3.05, 3.63) is 10.0 Å². The van der Waals surface area contributed by atoms with Crippen LogP contribution in [0.1, 0.15) is 36.7 Å². The molecule has 1 heterocycles. The van der Waals surface area contributed by atoms with Gasteiger partial charge in [-0.05, 0) is 18.8 Å². The Balaban J connectivity index is 2.17. The van der Waals surface area contributed by atoms with E-state index in [0.29, 0.717) is 23.8 Å². The van der Waals surface area contributed by atoms with Crippen LogP contribution in [0, 0.1) is 5.92 Å². The number of rotatable bonds is 4. The van der Waals surface area contributed by atoms with Crippen molar-refractivity contribution in [2.75, 3.05) is 0 Å². The second-order valence-electron chi connectivity index (χ2n) is 4.49. The lowest BCUT2D eigenvalue weighted by atomic mass is 10.1. The summed E-state index contributed by atoms with van der Waals surface area (Å²) < 4.78 is 0. The summed E-state index contributed by atoms with van der Waals surface area (Å²) in [7, 11) is 0. The predicted octanol–water partition coefficient (Wildman–Crippen LogP) is 1.85. The van der Waals surface area contributed by atoms with Crippen LogP contribution in [0.25, 0.3) is 0 Å². The van der Waals surface area contributed by atoms with Gasteiger partial charge in [-0.25, -0.2) is 0 Å². The van der Waals surface area contributed by atoms with Gasteiger partial charge in [0.15, 0.2) is 0 Å². The van der Waals surface area contributed by atoms with Gasteiger partial charge in [-0.2, -0.15) is 0 Å². The Morgan fingerprint density at radius 1 is 1.53 bits per heavy atom. The molecule has 0 radical (unpaired) electrons. The molecule has 5 heteroatoms. The van der Waals surface area contributed by atoms with Gasteiger partial charge in [0.1, 0.15) is 15.4 Å². The molecule has 0 aliphatic heterocycles. The fraction of sp³-hybridized carbons (Fsp3) is 0.700. The van der Waals surface area contributed by atoms with E-state index in [1.54, 1.807) is 0 Å². The third-order valence-corrected chi connectivity index (χ3v) is 3.77. The molecule has 0 bridgehead atoms. The summed E-state index contributed by atoms with van der Waals surface area (Å²) in [5.41, 5.74) is -0.688. The number of carboxylic acids is 1. The van der Waals surface area contributed by atoms with Crippen LogP contribution in [-0.4, -0.2) is 21.3 Å². The number of hydrogen-bond donors (Lipinski definition) is 1. The minimum atomic E-state index is -0.755. The van der Waals surface area contributed by atoms with E-state index in [1.807, 2.05) is 0 Å². The van der Waals surface area contributed by atoms with Crippen LogP contribution in [0.4, 0.5) is 0 Å². The molecule has 1 fully saturated rings. The van der Waals surface area contributed by atoms with Crippen LogP contribution in [0.2, 0.25) is 0 Å². The number of aliphatic carboxylic acids is 1. The van der Waals surface area contributed by atoms with E-state index < -0.39 is 11.4 Å². The van der Waals surface area contributed by atoms with Crippen molar-refractivity contribution in [3.63, 3.8) is 0 Å². The lowest BCUT2D eigenvalue weighted by Gasteiger charge is -2.02. The minimum Gasteiger partial charge on any atom is -0.481 e. The van der Waals surface area contributed by atoms with Crippen LogP contribution in [0.3, 0.4) is 0 Å². The molecule has 1 aromatic rings. The third kappa shape index (κ3) is 1.88. The van der Waals surface area contributed by atoms with Gasteiger partial charge < -0.3 is 5.11 Å². The van der Waals surface area contributed by atoms with E-state index in [0.717, 1.165) is 11.4 Å². The highest BCUT2D eigenvalue weighted by atomic mass is 32.1. The van der Waals surface area contributed by atoms with Gasteiger partial charge in [-0.1, -0.05) is 13.8 Å². The monoisotopic (exact) mass is 226 g/mol. The number of nitrogens with zero attached hydrogens (tertiary/aromatic N) is 2. The molecule has 0 amide bonds. The Morgan fingerprint density at radius 3 is 2.67 bits per heavy atom. The van der Waals surface area contributed by atoms with Crippen molar-refractivity contribution in [2.45, 2.75) is 38.5 Å². The summed E-state index contributed by atoms with van der Waals surface area (Å²) in [6.07, 6.45) is 2.30. The number of carboxylic acid groups (broad SMARTS) is 1. The SMILES string of the molecule is CC(C)Cc1nnc(C2(C(=O)O)CC2)s1. The van der Waals surface area contributed by atoms with Crippen molar-refractivity contribution in [3.8, 4) is 0 Å². The first kappa shape index (κ1) is 10.5. The van der Waals surface area contributed by atoms with Gasteiger partial charge in [0.05, 0.1) is 0 Å². The number of hydrogen-bond acceptors (Lipinski definition) is 4. The Hall–Kier alpha value is -0.970. The summed E-state index contributed by atoms with van der Waals surface area (Å²) >= 11 is 1.46. The van der Waals surface area contributed by atoms with Crippen LogP contribution in [-0.2, 0) is 16.6 Å². The fourth-order valence-electron chi connectivity index (χ4n) is 1.52. The molecule has 4 nitrogen and oxygen atoms in total. The van der Waals surface area contributed by atoms with Crippen LogP contribution in [0.15, 0.2) is 0 Å². The fourth-order valence-corrected chi connectivity index (χ4v) is 2.81. The maximum atomic E-state index is 11.1. The van der Waals surface area contributed by atoms with Gasteiger partial charge in [-0.3, -0.25) is 4.79 Å². The molecule has 0 unspecified atom stereocenters. The molecule has 2 rings (SSSR count). The molecule has 1 aliphatic rings. The molecule has 0 saturated heterocycles. The van der Waals surface area contributed by atoms with E-state index in [1.165, 1.54) is 11.3 Å². The Kier molecular flexibility index (Phi) is 2.50. The highest BCUT2D eigenvalue weighted by Gasteiger charge is 2.54. The van der Waals surface area contributed by atoms with E-state index in [-0.39, 0.29) is 0 Å². The first-order chi connectivity index (χ1) is 7.04. The molecule has 1 aromatic heterocycles. The van der Waals surface area contributed by atoms with E-state index in [4.69, 9.17) is 5.11 Å². The molecule has 1 aliphatic carbocycles. The molecule has 0 spiro atoms. The quantitative estimate of drug-likeness (QED) is 0.851. The van der Waals surface area contributed by atoms with E-state index in [2.05, 4.69) is 24.0 Å². The van der Waals surface area contributed by atoms with Gasteiger partial charge in [0.25, 0.3) is 0 Å². The molecule has 82 valence electrons. The zero-order valence-electron chi connectivity index (χ0n) is 8.86. The summed E-state index contributed by atoms with van der Waals surface area (Å²) in [6, 6.07) is 0. The van der Waals surface area contributed by atoms with Crippen molar-refractivity contribution >= 4 is 17.3 Å². The summed E-state index contributed by atoms with van der Waals surface area (Å²) in [5, 5.41) is 18.8. The van der Waals surface area contributed by atoms with Gasteiger partial charge in [0.2, 0.25) is 0 Å². The molecule has 1 N–H and O–H groups in total. The predicted molar refractivity (Wildman–Crippen MR) is 57.0 cm³/mol. The highest BCUT2D eigenvalue weighted by Crippen LogP contribution is 2.49. The second kappa shape index (κ2) is 3.56. The number of aromatic nitrogens is 2. The van der Waals surface area contributed by atoms with Crippen LogP contribution in [0.5, 0.6) is 0 Å². The summed E-state index contributed by atoms with van der Waals surface area (Å²) in [4.78, 5) is 11.1. The molecule has 1 saturated carbocycles. The largest absolute Gasteiger partial charge is 0.481 e. The first-order valence-electron chi connectivity index (χ1n) is 5.11. The third-order valence-electron chi connectivity index (χ3n) is 2.62. The summed E-state index contributed by atoms with van der Waals surface area (Å²) in [5.74, 6) is -0.222. The normalized spacial score (nSPS) is 18.1. The zero-order chi connectivity index (χ0) is 11.1. The van der Waals surface area contributed by atoms with Crippen molar-refractivity contribution < 1.29 is 9.90 Å². The maximum Gasteiger partial charge on any atom is 0.316 e. The first-order valence-corrected chi connectivity index (χ1v) is 5.92. The number of carbonyl (C=O) groups is 1. The molecule has 0 aromatic carbocycles. The smallest absolute Gasteiger partial charge is 0.316 e. The molecule has 15 heavy (non-hydrogen) atoms. The zero-order valence-corrected chi connectivity index (χ0v) is 9.67. The minimum absolute atomic E-state index is 0.533. The van der Waals surface area contributed by atoms with Gasteiger partial charge in [-0.15, -0.1) is 21.5 Å². The molecule has 0 atom stereocenters. The van der Waals surface area contributed by atoms with E-state index in [9.17, 15) is 4.79 Å². The Morgan fingerprint density at radius 2 is 2.20 bits per heavy atom. The lowest BCUT2D eigenvalue weighted by Crippen LogP contribution is -2.19. The van der Waals surface area contributed by atoms with Crippen LogP contribution >= 0.6 is 11.3 Å². The lowest BCUT2D eigenvalue weighted by molar-refractivity contribution is -0.140. The molecular weight excluding hydrogens is 212 g/mol. The average molecular weight is 226 g/mol. The maximum absolute atomic E-state index is 11.1. The van der Waals surface area contributed by atoms with Gasteiger partial charge >= 0.3 is 5.97 Å². The van der Waals surface area contributed by atoms with E-state index >= 15 is 0 Å². The van der Waals surface area contributed by atoms with Crippen molar-refractivity contribution in [1.29, 1.82) is 0 Å². The van der Waals surface area contributed by atoms with Gasteiger partial charge in [0, 0.05) is 6.42 Å². The second-order valence-corrected chi connectivity index (χ2v) is 5.55. The molecular formula is C10H14N2O2S. The van der Waals surface area contributed by atoms with Crippen molar-refractivity contribution in [2.24, 2.45) is 5.92 Å². The van der Waals surface area contributed by atoms with Crippen LogP contribution < -0.4 is 0 Å². The summed E-state index contributed by atoms with van der Waals surface area (Å²) in [6.45, 7) is 4.23. The standard InChI is InChI=1S/C10H14N2O2S/c1-6(2)5-7-11-12-8(15-7)10(3-4-10)9(13)14/h6H,3-5H2,1-2H3,(H,13,14). The topological polar surface area (TPSA) is 63.1 Å². The highest BCUT2D eigenvalue weighted by molar-refractivity contribution is 7.11.